The van der Waals surface area contributed by atoms with Crippen LogP contribution in [0.25, 0.3) is 0 Å². The molecule has 0 radical (unpaired) electrons. The Morgan fingerprint density at radius 1 is 1.44 bits per heavy atom. The lowest BCUT2D eigenvalue weighted by molar-refractivity contribution is -0.150. The predicted molar refractivity (Wildman–Crippen MR) is 68.7 cm³/mol. The van der Waals surface area contributed by atoms with Crippen molar-refractivity contribution in [2.75, 3.05) is 12.4 Å². The van der Waals surface area contributed by atoms with E-state index in [0.717, 1.165) is 6.42 Å². The number of thiol groups is 1. The Kier molecular flexibility index (Phi) is 7.07. The number of carbonyl (C=O) groups is 1. The van der Waals surface area contributed by atoms with E-state index in [1.54, 1.807) is 0 Å². The summed E-state index contributed by atoms with van der Waals surface area (Å²) in [5.41, 5.74) is -0.398. The summed E-state index contributed by atoms with van der Waals surface area (Å²) in [6.07, 6.45) is 0.664. The van der Waals surface area contributed by atoms with Gasteiger partial charge in [-0.1, -0.05) is 27.7 Å². The molecule has 0 aromatic rings. The van der Waals surface area contributed by atoms with Crippen molar-refractivity contribution >= 4 is 18.6 Å². The van der Waals surface area contributed by atoms with Crippen LogP contribution >= 0.6 is 12.6 Å². The summed E-state index contributed by atoms with van der Waals surface area (Å²) in [5, 5.41) is 9.94. The summed E-state index contributed by atoms with van der Waals surface area (Å²) in [6.45, 7) is 7.98. The molecule has 1 unspecified atom stereocenters. The molecule has 0 fully saturated rings. The Hall–Kier alpha value is -0.220. The second-order valence-corrected chi connectivity index (χ2v) is 5.61. The molecule has 0 aromatic heterocycles. The number of carbonyl (C=O) groups excluding carboxylic acids is 1. The molecule has 0 aliphatic heterocycles. The molecule has 96 valence electrons. The molecule has 4 heteroatoms. The van der Waals surface area contributed by atoms with E-state index in [-0.39, 0.29) is 18.5 Å². The number of aliphatic hydroxyl groups excluding tert-OH is 1. The highest BCUT2D eigenvalue weighted by Gasteiger charge is 2.31. The second kappa shape index (κ2) is 7.17. The summed E-state index contributed by atoms with van der Waals surface area (Å²) in [6, 6.07) is 0. The van der Waals surface area contributed by atoms with Gasteiger partial charge in [-0.15, -0.1) is 0 Å². The Bertz CT molecular complexity index is 214. The van der Waals surface area contributed by atoms with E-state index in [2.05, 4.69) is 12.6 Å². The zero-order chi connectivity index (χ0) is 12.8. The highest BCUT2D eigenvalue weighted by atomic mass is 32.1. The first kappa shape index (κ1) is 15.8. The van der Waals surface area contributed by atoms with Gasteiger partial charge in [0.05, 0.1) is 12.7 Å². The van der Waals surface area contributed by atoms with Gasteiger partial charge >= 0.3 is 5.97 Å². The average molecular weight is 248 g/mol. The maximum atomic E-state index is 11.3. The van der Waals surface area contributed by atoms with E-state index in [0.29, 0.717) is 12.2 Å². The molecular formula is C12H24O3S. The maximum absolute atomic E-state index is 11.3. The molecule has 0 saturated carbocycles. The molecule has 0 aliphatic carbocycles. The molecule has 1 atom stereocenters. The lowest BCUT2D eigenvalue weighted by Gasteiger charge is -2.32. The zero-order valence-electron chi connectivity index (χ0n) is 10.7. The topological polar surface area (TPSA) is 46.5 Å². The van der Waals surface area contributed by atoms with E-state index in [1.165, 1.54) is 0 Å². The maximum Gasteiger partial charge on any atom is 0.305 e. The highest BCUT2D eigenvalue weighted by Crippen LogP contribution is 2.26. The first-order valence-corrected chi connectivity index (χ1v) is 6.39. The molecule has 16 heavy (non-hydrogen) atoms. The van der Waals surface area contributed by atoms with Crippen LogP contribution in [0.4, 0.5) is 0 Å². The van der Waals surface area contributed by atoms with E-state index < -0.39 is 11.5 Å². The third-order valence-corrected chi connectivity index (χ3v) is 2.89. The Labute approximate surface area is 104 Å². The van der Waals surface area contributed by atoms with Crippen molar-refractivity contribution < 1.29 is 14.6 Å². The van der Waals surface area contributed by atoms with Gasteiger partial charge in [-0.25, -0.2) is 0 Å². The number of hydrogen-bond acceptors (Lipinski definition) is 4. The monoisotopic (exact) mass is 248 g/mol. The predicted octanol–water partition coefficient (Wildman–Crippen LogP) is 2.28. The van der Waals surface area contributed by atoms with Crippen molar-refractivity contribution in [1.29, 1.82) is 0 Å². The molecule has 0 aliphatic rings. The van der Waals surface area contributed by atoms with E-state index in [1.807, 2.05) is 27.7 Å². The SMILES string of the molecule is CC(C)C(O)C(C)(C)COC(=O)CCCS. The normalized spacial score (nSPS) is 13.9. The van der Waals surface area contributed by atoms with E-state index >= 15 is 0 Å². The van der Waals surface area contributed by atoms with Crippen molar-refractivity contribution in [3.63, 3.8) is 0 Å². The second-order valence-electron chi connectivity index (χ2n) is 5.17. The third kappa shape index (κ3) is 5.75. The smallest absolute Gasteiger partial charge is 0.305 e. The van der Waals surface area contributed by atoms with Gasteiger partial charge in [-0.2, -0.15) is 12.6 Å². The van der Waals surface area contributed by atoms with Crippen LogP contribution in [0.3, 0.4) is 0 Å². The summed E-state index contributed by atoms with van der Waals surface area (Å²) >= 11 is 4.03. The first-order valence-electron chi connectivity index (χ1n) is 5.76. The first-order chi connectivity index (χ1) is 7.31. The van der Waals surface area contributed by atoms with Gasteiger partial charge in [0.25, 0.3) is 0 Å². The number of ether oxygens (including phenoxy) is 1. The fraction of sp³-hybridized carbons (Fsp3) is 0.917. The van der Waals surface area contributed by atoms with Crippen LogP contribution in [0.2, 0.25) is 0 Å². The van der Waals surface area contributed by atoms with Crippen LogP contribution in [0.5, 0.6) is 0 Å². The van der Waals surface area contributed by atoms with Crippen molar-refractivity contribution in [3.05, 3.63) is 0 Å². The largest absolute Gasteiger partial charge is 0.465 e. The van der Waals surface area contributed by atoms with Crippen LogP contribution in [-0.2, 0) is 9.53 Å². The summed E-state index contributed by atoms with van der Waals surface area (Å²) in [5.74, 6) is 0.636. The van der Waals surface area contributed by atoms with Crippen LogP contribution in [0.15, 0.2) is 0 Å². The molecule has 0 amide bonds. The van der Waals surface area contributed by atoms with E-state index in [9.17, 15) is 9.90 Å². The number of rotatable bonds is 7. The third-order valence-electron chi connectivity index (χ3n) is 2.58. The van der Waals surface area contributed by atoms with Gasteiger partial charge in [0, 0.05) is 11.8 Å². The summed E-state index contributed by atoms with van der Waals surface area (Å²) in [7, 11) is 0. The van der Waals surface area contributed by atoms with Crippen molar-refractivity contribution in [2.45, 2.75) is 46.6 Å². The van der Waals surface area contributed by atoms with Gasteiger partial charge in [0.1, 0.15) is 0 Å². The standard InChI is InChI=1S/C12H24O3S/c1-9(2)11(14)12(3,4)8-15-10(13)6-5-7-16/h9,11,14,16H,5-8H2,1-4H3. The number of esters is 1. The van der Waals surface area contributed by atoms with Gasteiger partial charge in [-0.3, -0.25) is 4.79 Å². The van der Waals surface area contributed by atoms with Crippen LogP contribution < -0.4 is 0 Å². The fourth-order valence-corrected chi connectivity index (χ4v) is 1.71. The minimum atomic E-state index is -0.467. The molecule has 0 heterocycles. The molecule has 0 bridgehead atoms. The van der Waals surface area contributed by atoms with Gasteiger partial charge in [-0.05, 0) is 18.1 Å². The van der Waals surface area contributed by atoms with Crippen LogP contribution in [0, 0.1) is 11.3 Å². The zero-order valence-corrected chi connectivity index (χ0v) is 11.6. The summed E-state index contributed by atoms with van der Waals surface area (Å²) < 4.78 is 5.15. The molecule has 0 aromatic carbocycles. The van der Waals surface area contributed by atoms with Gasteiger partial charge in [0.2, 0.25) is 0 Å². The Morgan fingerprint density at radius 3 is 2.44 bits per heavy atom. The van der Waals surface area contributed by atoms with Gasteiger partial charge in [0.15, 0.2) is 0 Å². The summed E-state index contributed by atoms with van der Waals surface area (Å²) in [4.78, 5) is 11.3. The molecule has 3 nitrogen and oxygen atoms in total. The Morgan fingerprint density at radius 2 is 2.00 bits per heavy atom. The molecular weight excluding hydrogens is 224 g/mol. The number of hydrogen-bond donors (Lipinski definition) is 2. The van der Waals surface area contributed by atoms with Gasteiger partial charge < -0.3 is 9.84 Å². The minimum absolute atomic E-state index is 0.158. The average Bonchev–Trinajstić information content (AvgIpc) is 2.22. The number of aliphatic hydroxyl groups is 1. The lowest BCUT2D eigenvalue weighted by atomic mass is 9.81. The molecule has 0 spiro atoms. The molecule has 1 N–H and O–H groups in total. The lowest BCUT2D eigenvalue weighted by Crippen LogP contribution is -2.38. The van der Waals surface area contributed by atoms with Crippen molar-refractivity contribution in [3.8, 4) is 0 Å². The fourth-order valence-electron chi connectivity index (χ4n) is 1.55. The molecule has 0 saturated heterocycles. The molecule has 0 rings (SSSR count). The van der Waals surface area contributed by atoms with E-state index in [4.69, 9.17) is 4.74 Å². The van der Waals surface area contributed by atoms with Crippen LogP contribution in [-0.4, -0.2) is 29.5 Å². The quantitative estimate of drug-likeness (QED) is 0.537. The Balaban J connectivity index is 4.03. The van der Waals surface area contributed by atoms with Crippen molar-refractivity contribution in [2.24, 2.45) is 11.3 Å². The minimum Gasteiger partial charge on any atom is -0.465 e. The highest BCUT2D eigenvalue weighted by molar-refractivity contribution is 7.80. The van der Waals surface area contributed by atoms with Crippen LogP contribution in [0.1, 0.15) is 40.5 Å². The van der Waals surface area contributed by atoms with Crippen molar-refractivity contribution in [1.82, 2.24) is 0 Å².